The minimum atomic E-state index is -1.25. The van der Waals surface area contributed by atoms with Crippen molar-refractivity contribution in [2.24, 2.45) is 0 Å². The lowest BCUT2D eigenvalue weighted by atomic mass is 10.2. The summed E-state index contributed by atoms with van der Waals surface area (Å²) in [5.41, 5.74) is -0.211. The normalized spacial score (nSPS) is 15.8. The van der Waals surface area contributed by atoms with E-state index in [0.717, 1.165) is 25.2 Å². The lowest BCUT2D eigenvalue weighted by Crippen LogP contribution is -2.48. The number of carbonyl (C=O) groups is 2. The predicted octanol–water partition coefficient (Wildman–Crippen LogP) is 0.677. The van der Waals surface area contributed by atoms with E-state index in [2.05, 4.69) is 4.90 Å². The van der Waals surface area contributed by atoms with Crippen LogP contribution in [0.2, 0.25) is 0 Å². The first kappa shape index (κ1) is 15.2. The number of aromatic carboxylic acids is 1. The Morgan fingerprint density at radius 2 is 1.90 bits per heavy atom. The molecule has 1 heterocycles. The summed E-state index contributed by atoms with van der Waals surface area (Å²) in [6.07, 6.45) is 0. The van der Waals surface area contributed by atoms with Gasteiger partial charge in [0.2, 0.25) is 0 Å². The monoisotopic (exact) mass is 296 g/mol. The molecular weight excluding hydrogens is 279 g/mol. The zero-order chi connectivity index (χ0) is 15.4. The maximum Gasteiger partial charge on any atom is 0.335 e. The molecule has 0 radical (unpaired) electrons. The fourth-order valence-electron chi connectivity index (χ4n) is 2.06. The van der Waals surface area contributed by atoms with Crippen LogP contribution in [0.1, 0.15) is 10.4 Å². The van der Waals surface area contributed by atoms with Crippen LogP contribution in [0.4, 0.5) is 4.39 Å². The molecule has 0 saturated carbocycles. The van der Waals surface area contributed by atoms with Crippen molar-refractivity contribution in [3.05, 3.63) is 29.6 Å². The third-order valence-electron chi connectivity index (χ3n) is 3.34. The quantitative estimate of drug-likeness (QED) is 0.884. The maximum atomic E-state index is 13.3. The van der Waals surface area contributed by atoms with E-state index >= 15 is 0 Å². The number of halogens is 1. The highest BCUT2D eigenvalue weighted by Gasteiger charge is 2.19. The number of likely N-dealkylation sites (N-methyl/N-ethyl adjacent to an activating group) is 1. The lowest BCUT2D eigenvalue weighted by Gasteiger charge is -2.32. The fourth-order valence-corrected chi connectivity index (χ4v) is 2.06. The Balaban J connectivity index is 1.93. The van der Waals surface area contributed by atoms with E-state index in [4.69, 9.17) is 9.84 Å². The van der Waals surface area contributed by atoms with E-state index in [1.54, 1.807) is 4.90 Å². The zero-order valence-corrected chi connectivity index (χ0v) is 11.7. The molecule has 0 aromatic heterocycles. The molecule has 1 aliphatic rings. The van der Waals surface area contributed by atoms with Crippen LogP contribution in [0.15, 0.2) is 18.2 Å². The standard InChI is InChI=1S/C14H17FN2O4/c1-16-2-4-17(5-3-16)13(18)9-21-12-7-10(14(19)20)6-11(15)8-12/h6-8H,2-5,9H2,1H3,(H,19,20). The summed E-state index contributed by atoms with van der Waals surface area (Å²) in [6.45, 7) is 2.63. The summed E-state index contributed by atoms with van der Waals surface area (Å²) in [5.74, 6) is -2.11. The van der Waals surface area contributed by atoms with Gasteiger partial charge in [0, 0.05) is 32.2 Å². The number of rotatable bonds is 4. The molecule has 7 heteroatoms. The number of amides is 1. The number of carbonyl (C=O) groups excluding carboxylic acids is 1. The molecule has 1 aromatic carbocycles. The number of carboxylic acid groups (broad SMARTS) is 1. The Bertz CT molecular complexity index is 542. The van der Waals surface area contributed by atoms with Crippen molar-refractivity contribution >= 4 is 11.9 Å². The molecule has 1 amide bonds. The molecular formula is C14H17FN2O4. The summed E-state index contributed by atoms with van der Waals surface area (Å²) in [5, 5.41) is 8.84. The minimum Gasteiger partial charge on any atom is -0.484 e. The summed E-state index contributed by atoms with van der Waals surface area (Å²) in [6, 6.07) is 3.16. The van der Waals surface area contributed by atoms with E-state index in [0.29, 0.717) is 13.1 Å². The van der Waals surface area contributed by atoms with E-state index in [1.807, 2.05) is 7.05 Å². The van der Waals surface area contributed by atoms with Gasteiger partial charge < -0.3 is 19.6 Å². The largest absolute Gasteiger partial charge is 0.484 e. The first-order chi connectivity index (χ1) is 9.95. The molecule has 1 saturated heterocycles. The number of hydrogen-bond donors (Lipinski definition) is 1. The van der Waals surface area contributed by atoms with E-state index in [9.17, 15) is 14.0 Å². The molecule has 0 spiro atoms. The molecule has 0 unspecified atom stereocenters. The molecule has 1 N–H and O–H groups in total. The summed E-state index contributed by atoms with van der Waals surface area (Å²) >= 11 is 0. The van der Waals surface area contributed by atoms with Crippen LogP contribution < -0.4 is 4.74 Å². The van der Waals surface area contributed by atoms with Gasteiger partial charge in [0.05, 0.1) is 5.56 Å². The summed E-state index contributed by atoms with van der Waals surface area (Å²) in [4.78, 5) is 26.6. The van der Waals surface area contributed by atoms with E-state index < -0.39 is 11.8 Å². The Morgan fingerprint density at radius 1 is 1.24 bits per heavy atom. The van der Waals surface area contributed by atoms with Crippen molar-refractivity contribution < 1.29 is 23.8 Å². The third-order valence-corrected chi connectivity index (χ3v) is 3.34. The van der Waals surface area contributed by atoms with Crippen LogP contribution in [0, 0.1) is 5.82 Å². The molecule has 0 aliphatic carbocycles. The van der Waals surface area contributed by atoms with Gasteiger partial charge in [-0.1, -0.05) is 0 Å². The van der Waals surface area contributed by atoms with Gasteiger partial charge in [-0.25, -0.2) is 9.18 Å². The van der Waals surface area contributed by atoms with Gasteiger partial charge in [0.25, 0.3) is 5.91 Å². The Hall–Kier alpha value is -2.15. The van der Waals surface area contributed by atoms with Crippen molar-refractivity contribution in [1.29, 1.82) is 0 Å². The van der Waals surface area contributed by atoms with Crippen molar-refractivity contribution in [1.82, 2.24) is 9.80 Å². The second kappa shape index (κ2) is 6.53. The van der Waals surface area contributed by atoms with Gasteiger partial charge in [0.1, 0.15) is 11.6 Å². The topological polar surface area (TPSA) is 70.1 Å². The van der Waals surface area contributed by atoms with Crippen LogP contribution in [0.3, 0.4) is 0 Å². The molecule has 114 valence electrons. The van der Waals surface area contributed by atoms with Crippen LogP contribution in [0.25, 0.3) is 0 Å². The molecule has 1 aliphatic heterocycles. The molecule has 21 heavy (non-hydrogen) atoms. The van der Waals surface area contributed by atoms with Crippen LogP contribution in [-0.2, 0) is 4.79 Å². The Kier molecular flexibility index (Phi) is 4.74. The third kappa shape index (κ3) is 4.16. The Morgan fingerprint density at radius 3 is 2.52 bits per heavy atom. The molecule has 0 atom stereocenters. The van der Waals surface area contributed by atoms with E-state index in [-0.39, 0.29) is 23.8 Å². The first-order valence-electron chi connectivity index (χ1n) is 6.58. The molecule has 2 rings (SSSR count). The summed E-state index contributed by atoms with van der Waals surface area (Å²) in [7, 11) is 1.98. The smallest absolute Gasteiger partial charge is 0.335 e. The van der Waals surface area contributed by atoms with Gasteiger partial charge in [-0.15, -0.1) is 0 Å². The molecule has 0 bridgehead atoms. The van der Waals surface area contributed by atoms with Gasteiger partial charge >= 0.3 is 5.97 Å². The maximum absolute atomic E-state index is 13.3. The van der Waals surface area contributed by atoms with Crippen molar-refractivity contribution in [2.45, 2.75) is 0 Å². The lowest BCUT2D eigenvalue weighted by molar-refractivity contribution is -0.134. The summed E-state index contributed by atoms with van der Waals surface area (Å²) < 4.78 is 18.5. The average molecular weight is 296 g/mol. The number of carboxylic acids is 1. The molecule has 1 fully saturated rings. The number of benzene rings is 1. The van der Waals surface area contributed by atoms with Gasteiger partial charge in [-0.2, -0.15) is 0 Å². The zero-order valence-electron chi connectivity index (χ0n) is 11.7. The van der Waals surface area contributed by atoms with Gasteiger partial charge in [-0.3, -0.25) is 4.79 Å². The van der Waals surface area contributed by atoms with Gasteiger partial charge in [0.15, 0.2) is 6.61 Å². The second-order valence-electron chi connectivity index (χ2n) is 4.95. The highest BCUT2D eigenvalue weighted by molar-refractivity contribution is 5.88. The number of nitrogens with zero attached hydrogens (tertiary/aromatic N) is 2. The first-order valence-corrected chi connectivity index (χ1v) is 6.58. The number of piperazine rings is 1. The second-order valence-corrected chi connectivity index (χ2v) is 4.95. The van der Waals surface area contributed by atoms with Crippen molar-refractivity contribution in [2.75, 3.05) is 39.8 Å². The molecule has 1 aromatic rings. The van der Waals surface area contributed by atoms with Crippen LogP contribution in [0.5, 0.6) is 5.75 Å². The molecule has 6 nitrogen and oxygen atoms in total. The number of hydrogen-bond acceptors (Lipinski definition) is 4. The van der Waals surface area contributed by atoms with Crippen LogP contribution >= 0.6 is 0 Å². The minimum absolute atomic E-state index is 0.0369. The SMILES string of the molecule is CN1CCN(C(=O)COc2cc(F)cc(C(=O)O)c2)CC1. The van der Waals surface area contributed by atoms with Crippen molar-refractivity contribution in [3.63, 3.8) is 0 Å². The van der Waals surface area contributed by atoms with Crippen LogP contribution in [-0.4, -0.2) is 66.6 Å². The number of ether oxygens (including phenoxy) is 1. The fraction of sp³-hybridized carbons (Fsp3) is 0.429. The van der Waals surface area contributed by atoms with E-state index in [1.165, 1.54) is 6.07 Å². The highest BCUT2D eigenvalue weighted by atomic mass is 19.1. The van der Waals surface area contributed by atoms with Crippen molar-refractivity contribution in [3.8, 4) is 5.75 Å². The Labute approximate surface area is 121 Å². The highest BCUT2D eigenvalue weighted by Crippen LogP contribution is 2.16. The van der Waals surface area contributed by atoms with Gasteiger partial charge in [-0.05, 0) is 19.2 Å². The average Bonchev–Trinajstić information content (AvgIpc) is 2.45. The predicted molar refractivity (Wildman–Crippen MR) is 72.9 cm³/mol.